The van der Waals surface area contributed by atoms with E-state index in [9.17, 15) is 8.42 Å². The van der Waals surface area contributed by atoms with Gasteiger partial charge in [-0.3, -0.25) is 4.68 Å². The molecule has 2 rings (SSSR count). The van der Waals surface area contributed by atoms with Crippen LogP contribution in [0.5, 0.6) is 0 Å². The Morgan fingerprint density at radius 1 is 1.44 bits per heavy atom. The van der Waals surface area contributed by atoms with Crippen molar-refractivity contribution in [2.45, 2.75) is 24.8 Å². The molecule has 1 aromatic rings. The van der Waals surface area contributed by atoms with Gasteiger partial charge in [-0.25, -0.2) is 8.42 Å². The Morgan fingerprint density at radius 2 is 2.06 bits per heavy atom. The summed E-state index contributed by atoms with van der Waals surface area (Å²) in [5.41, 5.74) is 6.51. The van der Waals surface area contributed by atoms with Crippen LogP contribution >= 0.6 is 12.4 Å². The van der Waals surface area contributed by atoms with Crippen molar-refractivity contribution in [2.75, 3.05) is 13.1 Å². The summed E-state index contributed by atoms with van der Waals surface area (Å²) in [6.07, 6.45) is 1.40. The van der Waals surface area contributed by atoms with Gasteiger partial charge in [0, 0.05) is 26.2 Å². The summed E-state index contributed by atoms with van der Waals surface area (Å²) < 4.78 is 27.8. The molecular weight excluding hydrogens is 276 g/mol. The Balaban J connectivity index is 0.00000162. The molecule has 2 N–H and O–H groups in total. The predicted molar refractivity (Wildman–Crippen MR) is 71.1 cm³/mol. The van der Waals surface area contributed by atoms with Gasteiger partial charge in [0.1, 0.15) is 4.90 Å². The highest BCUT2D eigenvalue weighted by Crippen LogP contribution is 2.24. The third kappa shape index (κ3) is 2.40. The molecule has 0 spiro atoms. The van der Waals surface area contributed by atoms with E-state index in [4.69, 9.17) is 5.73 Å². The SMILES string of the molecule is Cc1c(S(=O)(=O)N2CC(C)C(N)C2)cnn1C.Cl. The van der Waals surface area contributed by atoms with Crippen LogP contribution in [0.15, 0.2) is 11.1 Å². The molecule has 1 saturated heterocycles. The molecule has 0 saturated carbocycles. The van der Waals surface area contributed by atoms with Gasteiger partial charge in [-0.2, -0.15) is 9.40 Å². The third-order valence-corrected chi connectivity index (χ3v) is 5.38. The van der Waals surface area contributed by atoms with Crippen LogP contribution in [-0.4, -0.2) is 41.6 Å². The van der Waals surface area contributed by atoms with E-state index in [2.05, 4.69) is 5.10 Å². The lowest BCUT2D eigenvalue weighted by atomic mass is 10.1. The van der Waals surface area contributed by atoms with Gasteiger partial charge in [0.15, 0.2) is 0 Å². The van der Waals surface area contributed by atoms with Crippen molar-refractivity contribution >= 4 is 22.4 Å². The van der Waals surface area contributed by atoms with E-state index in [0.29, 0.717) is 18.8 Å². The summed E-state index contributed by atoms with van der Waals surface area (Å²) in [7, 11) is -1.72. The van der Waals surface area contributed by atoms with E-state index in [-0.39, 0.29) is 29.3 Å². The second-order valence-electron chi connectivity index (χ2n) is 4.68. The van der Waals surface area contributed by atoms with Crippen molar-refractivity contribution in [3.63, 3.8) is 0 Å². The summed E-state index contributed by atoms with van der Waals surface area (Å²) in [5.74, 6) is 0.196. The van der Waals surface area contributed by atoms with E-state index < -0.39 is 10.0 Å². The fourth-order valence-corrected chi connectivity index (χ4v) is 3.78. The van der Waals surface area contributed by atoms with Gasteiger partial charge in [-0.1, -0.05) is 6.92 Å². The number of hydrogen-bond acceptors (Lipinski definition) is 4. The summed E-state index contributed by atoms with van der Waals surface area (Å²) in [6, 6.07) is -0.0817. The van der Waals surface area contributed by atoms with Crippen molar-refractivity contribution in [1.82, 2.24) is 14.1 Å². The first-order valence-electron chi connectivity index (χ1n) is 5.58. The second-order valence-corrected chi connectivity index (χ2v) is 6.59. The quantitative estimate of drug-likeness (QED) is 0.840. The van der Waals surface area contributed by atoms with Gasteiger partial charge >= 0.3 is 0 Å². The number of sulfonamides is 1. The van der Waals surface area contributed by atoms with Crippen LogP contribution in [0, 0.1) is 12.8 Å². The zero-order chi connectivity index (χ0) is 12.8. The Morgan fingerprint density at radius 3 is 2.44 bits per heavy atom. The average Bonchev–Trinajstić information content (AvgIpc) is 2.74. The highest BCUT2D eigenvalue weighted by molar-refractivity contribution is 7.89. The molecule has 0 bridgehead atoms. The maximum Gasteiger partial charge on any atom is 0.246 e. The monoisotopic (exact) mass is 294 g/mol. The number of aryl methyl sites for hydroxylation is 1. The van der Waals surface area contributed by atoms with Gasteiger partial charge in [0.05, 0.1) is 11.9 Å². The minimum absolute atomic E-state index is 0. The highest BCUT2D eigenvalue weighted by Gasteiger charge is 2.36. The lowest BCUT2D eigenvalue weighted by Gasteiger charge is -2.15. The summed E-state index contributed by atoms with van der Waals surface area (Å²) in [5, 5.41) is 3.97. The molecule has 2 unspecified atom stereocenters. The van der Waals surface area contributed by atoms with Crippen molar-refractivity contribution < 1.29 is 8.42 Å². The van der Waals surface area contributed by atoms with Crippen LogP contribution in [0.3, 0.4) is 0 Å². The van der Waals surface area contributed by atoms with E-state index in [1.165, 1.54) is 10.5 Å². The number of halogens is 1. The summed E-state index contributed by atoms with van der Waals surface area (Å²) in [6.45, 7) is 4.59. The fourth-order valence-electron chi connectivity index (χ4n) is 2.01. The molecule has 1 aromatic heterocycles. The molecule has 0 aliphatic carbocycles. The minimum Gasteiger partial charge on any atom is -0.326 e. The minimum atomic E-state index is -3.44. The van der Waals surface area contributed by atoms with Gasteiger partial charge in [-0.15, -0.1) is 12.4 Å². The van der Waals surface area contributed by atoms with E-state index in [1.807, 2.05) is 6.92 Å². The van der Waals surface area contributed by atoms with Crippen LogP contribution in [0.2, 0.25) is 0 Å². The molecule has 1 aliphatic heterocycles. The molecule has 2 heterocycles. The van der Waals surface area contributed by atoms with Crippen molar-refractivity contribution in [1.29, 1.82) is 0 Å². The molecule has 2 atom stereocenters. The van der Waals surface area contributed by atoms with Crippen LogP contribution in [0.4, 0.5) is 0 Å². The zero-order valence-corrected chi connectivity index (χ0v) is 12.3. The third-order valence-electron chi connectivity index (χ3n) is 3.44. The summed E-state index contributed by atoms with van der Waals surface area (Å²) >= 11 is 0. The van der Waals surface area contributed by atoms with E-state index >= 15 is 0 Å². The van der Waals surface area contributed by atoms with Gasteiger partial charge in [0.25, 0.3) is 0 Å². The Hall–Kier alpha value is -0.630. The molecule has 0 amide bonds. The Kier molecular flexibility index (Phi) is 4.42. The van der Waals surface area contributed by atoms with Gasteiger partial charge in [-0.05, 0) is 12.8 Å². The molecule has 0 aromatic carbocycles. The predicted octanol–water partition coefficient (Wildman–Crippen LogP) is 0.118. The molecule has 0 radical (unpaired) electrons. The van der Waals surface area contributed by atoms with Crippen LogP contribution in [0.1, 0.15) is 12.6 Å². The smallest absolute Gasteiger partial charge is 0.246 e. The molecule has 8 heteroatoms. The first-order chi connectivity index (χ1) is 7.84. The molecule has 6 nitrogen and oxygen atoms in total. The van der Waals surface area contributed by atoms with Gasteiger partial charge in [0.2, 0.25) is 10.0 Å². The molecule has 18 heavy (non-hydrogen) atoms. The lowest BCUT2D eigenvalue weighted by molar-refractivity contribution is 0.463. The zero-order valence-electron chi connectivity index (χ0n) is 10.7. The maximum absolute atomic E-state index is 12.4. The highest BCUT2D eigenvalue weighted by atomic mass is 35.5. The number of nitrogens with two attached hydrogens (primary N) is 1. The van der Waals surface area contributed by atoms with Crippen molar-refractivity contribution in [3.8, 4) is 0 Å². The van der Waals surface area contributed by atoms with E-state index in [0.717, 1.165) is 0 Å². The molecular formula is C10H19ClN4O2S. The fraction of sp³-hybridized carbons (Fsp3) is 0.700. The van der Waals surface area contributed by atoms with Crippen LogP contribution in [0.25, 0.3) is 0 Å². The standard InChI is InChI=1S/C10H18N4O2S.ClH/c1-7-5-14(6-9(7)11)17(15,16)10-4-12-13(3)8(10)2;/h4,7,9H,5-6,11H2,1-3H3;1H. The Bertz CT molecular complexity index is 518. The van der Waals surface area contributed by atoms with Crippen molar-refractivity contribution in [3.05, 3.63) is 11.9 Å². The number of nitrogens with zero attached hydrogens (tertiary/aromatic N) is 3. The number of aromatic nitrogens is 2. The van der Waals surface area contributed by atoms with Crippen LogP contribution in [-0.2, 0) is 17.1 Å². The first-order valence-corrected chi connectivity index (χ1v) is 7.02. The normalized spacial score (nSPS) is 25.1. The second kappa shape index (κ2) is 5.16. The lowest BCUT2D eigenvalue weighted by Crippen LogP contribution is -2.32. The largest absolute Gasteiger partial charge is 0.326 e. The molecule has 1 aliphatic rings. The van der Waals surface area contributed by atoms with E-state index in [1.54, 1.807) is 18.7 Å². The topological polar surface area (TPSA) is 81.2 Å². The summed E-state index contributed by atoms with van der Waals surface area (Å²) in [4.78, 5) is 0.279. The average molecular weight is 295 g/mol. The number of hydrogen-bond donors (Lipinski definition) is 1. The molecule has 1 fully saturated rings. The van der Waals surface area contributed by atoms with Crippen LogP contribution < -0.4 is 5.73 Å². The number of rotatable bonds is 2. The first kappa shape index (κ1) is 15.4. The molecule has 104 valence electrons. The Labute approximate surface area is 114 Å². The van der Waals surface area contributed by atoms with Gasteiger partial charge < -0.3 is 5.73 Å². The van der Waals surface area contributed by atoms with Crippen molar-refractivity contribution in [2.24, 2.45) is 18.7 Å². The maximum atomic E-state index is 12.4.